The fourth-order valence-electron chi connectivity index (χ4n) is 4.88. The van der Waals surface area contributed by atoms with Gasteiger partial charge in [-0.2, -0.15) is 0 Å². The van der Waals surface area contributed by atoms with E-state index in [0.717, 1.165) is 43.4 Å². The Morgan fingerprint density at radius 2 is 0.784 bits per heavy atom. The zero-order valence-corrected chi connectivity index (χ0v) is 24.3. The number of unbranched alkanes of at least 4 members (excludes halogenated alkanes) is 20. The van der Waals surface area contributed by atoms with Gasteiger partial charge in [-0.3, -0.25) is 14.5 Å². The van der Waals surface area contributed by atoms with Crippen LogP contribution in [0.15, 0.2) is 0 Å². The minimum absolute atomic E-state index is 0.158. The van der Waals surface area contributed by atoms with Crippen molar-refractivity contribution in [2.75, 3.05) is 6.61 Å². The Labute approximate surface area is 228 Å². The molecule has 37 heavy (non-hydrogen) atoms. The van der Waals surface area contributed by atoms with Gasteiger partial charge in [0.1, 0.15) is 0 Å². The van der Waals surface area contributed by atoms with E-state index >= 15 is 0 Å². The Hall–Kier alpha value is -1.43. The van der Waals surface area contributed by atoms with Crippen molar-refractivity contribution in [3.05, 3.63) is 0 Å². The maximum Gasteiger partial charge on any atom is 0.329 e. The van der Waals surface area contributed by atoms with E-state index in [1.807, 2.05) is 0 Å². The van der Waals surface area contributed by atoms with E-state index in [0.29, 0.717) is 12.8 Å². The molecular formula is C31H59NO5. The van der Waals surface area contributed by atoms with Crippen LogP contribution in [0.5, 0.6) is 0 Å². The summed E-state index contributed by atoms with van der Waals surface area (Å²) in [5, 5.41) is 19.0. The van der Waals surface area contributed by atoms with Gasteiger partial charge in [-0.15, -0.1) is 0 Å². The standard InChI is InChI=1S/C31H59NO5/c1-3-5-7-9-11-13-15-17-19-21-23-25-29(34)32(28(27-33)31(36)37)30(35)26-24-22-20-18-16-14-12-10-8-6-4-2/h28,33H,3-27H2,1-2H3,(H,36,37)/t28-/m0/s1. The predicted molar refractivity (Wildman–Crippen MR) is 153 cm³/mol. The normalized spacial score (nSPS) is 12.0. The molecule has 0 rings (SSSR count). The van der Waals surface area contributed by atoms with Crippen LogP contribution in [-0.4, -0.2) is 45.5 Å². The molecule has 1 atom stereocenters. The summed E-state index contributed by atoms with van der Waals surface area (Å²) >= 11 is 0. The van der Waals surface area contributed by atoms with Crippen LogP contribution in [0.4, 0.5) is 0 Å². The van der Waals surface area contributed by atoms with Crippen LogP contribution in [0.1, 0.15) is 168 Å². The first-order valence-corrected chi connectivity index (χ1v) is 15.7. The van der Waals surface area contributed by atoms with E-state index in [2.05, 4.69) is 13.8 Å². The number of aliphatic hydroxyl groups is 1. The van der Waals surface area contributed by atoms with Gasteiger partial charge in [-0.05, 0) is 12.8 Å². The lowest BCUT2D eigenvalue weighted by molar-refractivity contribution is -0.160. The van der Waals surface area contributed by atoms with Crippen molar-refractivity contribution in [2.24, 2.45) is 0 Å². The summed E-state index contributed by atoms with van der Waals surface area (Å²) < 4.78 is 0. The molecule has 0 aliphatic carbocycles. The van der Waals surface area contributed by atoms with Crippen LogP contribution < -0.4 is 0 Å². The average molecular weight is 526 g/mol. The van der Waals surface area contributed by atoms with Gasteiger partial charge in [0.25, 0.3) is 0 Å². The highest BCUT2D eigenvalue weighted by Crippen LogP contribution is 2.16. The summed E-state index contributed by atoms with van der Waals surface area (Å²) in [5.74, 6) is -2.27. The minimum atomic E-state index is -1.49. The SMILES string of the molecule is CCCCCCCCCCCCCC(=O)N(C(=O)CCCCCCCCCCCCC)[C@@H](CO)C(=O)O. The zero-order valence-electron chi connectivity index (χ0n) is 24.3. The van der Waals surface area contributed by atoms with Crippen LogP contribution in [0.2, 0.25) is 0 Å². The zero-order chi connectivity index (χ0) is 27.6. The number of carboxylic acid groups (broad SMARTS) is 1. The number of hydrogen-bond acceptors (Lipinski definition) is 4. The molecule has 0 aromatic carbocycles. The van der Waals surface area contributed by atoms with Crippen molar-refractivity contribution in [1.29, 1.82) is 0 Å². The predicted octanol–water partition coefficient (Wildman–Crippen LogP) is 8.19. The van der Waals surface area contributed by atoms with E-state index in [1.54, 1.807) is 0 Å². The first-order valence-electron chi connectivity index (χ1n) is 15.7. The number of carboxylic acids is 1. The lowest BCUT2D eigenvalue weighted by Crippen LogP contribution is -2.50. The number of imide groups is 1. The molecule has 0 radical (unpaired) electrons. The van der Waals surface area contributed by atoms with E-state index < -0.39 is 30.4 Å². The third-order valence-electron chi connectivity index (χ3n) is 7.30. The number of carbonyl (C=O) groups excluding carboxylic acids is 2. The molecule has 6 nitrogen and oxygen atoms in total. The number of aliphatic carboxylic acids is 1. The van der Waals surface area contributed by atoms with Crippen LogP contribution in [0.25, 0.3) is 0 Å². The molecular weight excluding hydrogens is 466 g/mol. The van der Waals surface area contributed by atoms with Crippen molar-refractivity contribution in [1.82, 2.24) is 4.90 Å². The fraction of sp³-hybridized carbons (Fsp3) is 0.903. The topological polar surface area (TPSA) is 94.9 Å². The van der Waals surface area contributed by atoms with Gasteiger partial charge in [-0.1, -0.05) is 142 Å². The average Bonchev–Trinajstić information content (AvgIpc) is 2.88. The Morgan fingerprint density at radius 3 is 1.03 bits per heavy atom. The minimum Gasteiger partial charge on any atom is -0.480 e. The van der Waals surface area contributed by atoms with E-state index in [1.165, 1.54) is 89.9 Å². The molecule has 0 aromatic heterocycles. The molecule has 0 aliphatic rings. The molecule has 0 aliphatic heterocycles. The number of nitrogens with zero attached hydrogens (tertiary/aromatic N) is 1. The molecule has 0 fully saturated rings. The Kier molecular flexibility index (Phi) is 25.2. The maximum absolute atomic E-state index is 12.8. The summed E-state index contributed by atoms with van der Waals surface area (Å²) in [6, 6.07) is -1.49. The third-order valence-corrected chi connectivity index (χ3v) is 7.30. The smallest absolute Gasteiger partial charge is 0.329 e. The molecule has 2 N–H and O–H groups in total. The molecule has 0 bridgehead atoms. The molecule has 6 heteroatoms. The lowest BCUT2D eigenvalue weighted by Gasteiger charge is -2.26. The van der Waals surface area contributed by atoms with Crippen molar-refractivity contribution < 1.29 is 24.6 Å². The molecule has 0 saturated heterocycles. The number of hydrogen-bond donors (Lipinski definition) is 2. The molecule has 0 spiro atoms. The van der Waals surface area contributed by atoms with Crippen LogP contribution in [-0.2, 0) is 14.4 Å². The van der Waals surface area contributed by atoms with E-state index in [-0.39, 0.29) is 12.8 Å². The van der Waals surface area contributed by atoms with Crippen molar-refractivity contribution in [2.45, 2.75) is 174 Å². The van der Waals surface area contributed by atoms with Gasteiger partial charge in [0.05, 0.1) is 6.61 Å². The van der Waals surface area contributed by atoms with Crippen LogP contribution >= 0.6 is 0 Å². The Balaban J connectivity index is 4.19. The summed E-state index contributed by atoms with van der Waals surface area (Å²) in [6.45, 7) is 3.71. The van der Waals surface area contributed by atoms with Crippen LogP contribution in [0.3, 0.4) is 0 Å². The van der Waals surface area contributed by atoms with Crippen molar-refractivity contribution >= 4 is 17.8 Å². The van der Waals surface area contributed by atoms with Gasteiger partial charge >= 0.3 is 5.97 Å². The van der Waals surface area contributed by atoms with Gasteiger partial charge in [-0.25, -0.2) is 4.79 Å². The molecule has 0 saturated carbocycles. The molecule has 0 aromatic rings. The van der Waals surface area contributed by atoms with Gasteiger partial charge in [0.2, 0.25) is 11.8 Å². The monoisotopic (exact) mass is 525 g/mol. The molecule has 0 heterocycles. The summed E-state index contributed by atoms with van der Waals surface area (Å²) in [4.78, 5) is 38.0. The first kappa shape index (κ1) is 35.6. The second kappa shape index (κ2) is 26.2. The quantitative estimate of drug-likeness (QED) is 0.105. The first-order chi connectivity index (χ1) is 18.0. The van der Waals surface area contributed by atoms with E-state index in [4.69, 9.17) is 0 Å². The third kappa shape index (κ3) is 20.2. The molecule has 218 valence electrons. The van der Waals surface area contributed by atoms with Gasteiger partial charge in [0, 0.05) is 12.8 Å². The molecule has 0 unspecified atom stereocenters. The number of rotatable bonds is 27. The molecule has 2 amide bonds. The van der Waals surface area contributed by atoms with Crippen LogP contribution in [0, 0.1) is 0 Å². The second-order valence-corrected chi connectivity index (χ2v) is 10.8. The highest BCUT2D eigenvalue weighted by atomic mass is 16.4. The fourth-order valence-corrected chi connectivity index (χ4v) is 4.88. The summed E-state index contributed by atoms with van der Waals surface area (Å²) in [6.07, 6.45) is 25.9. The number of carbonyl (C=O) groups is 3. The van der Waals surface area contributed by atoms with E-state index in [9.17, 15) is 24.6 Å². The summed E-state index contributed by atoms with van der Waals surface area (Å²) in [5.41, 5.74) is 0. The lowest BCUT2D eigenvalue weighted by atomic mass is 10.0. The van der Waals surface area contributed by atoms with Gasteiger partial charge < -0.3 is 10.2 Å². The maximum atomic E-state index is 12.8. The highest BCUT2D eigenvalue weighted by molar-refractivity contribution is 5.99. The Morgan fingerprint density at radius 1 is 0.514 bits per heavy atom. The largest absolute Gasteiger partial charge is 0.480 e. The Bertz CT molecular complexity index is 528. The van der Waals surface area contributed by atoms with Gasteiger partial charge in [0.15, 0.2) is 6.04 Å². The highest BCUT2D eigenvalue weighted by Gasteiger charge is 2.33. The van der Waals surface area contributed by atoms with Crippen molar-refractivity contribution in [3.8, 4) is 0 Å². The number of aliphatic hydroxyl groups excluding tert-OH is 1. The number of amides is 2. The summed E-state index contributed by atoms with van der Waals surface area (Å²) in [7, 11) is 0. The second-order valence-electron chi connectivity index (χ2n) is 10.8. The van der Waals surface area contributed by atoms with Crippen molar-refractivity contribution in [3.63, 3.8) is 0 Å².